The first-order chi connectivity index (χ1) is 11.1. The molecule has 0 amide bonds. The Bertz CT molecular complexity index is 689. The van der Waals surface area contributed by atoms with Gasteiger partial charge in [0.1, 0.15) is 0 Å². The molecule has 0 radical (unpaired) electrons. The van der Waals surface area contributed by atoms with E-state index in [9.17, 15) is 0 Å². The molecule has 2 aromatic rings. The molecule has 1 aliphatic rings. The maximum absolute atomic E-state index is 6.54. The second-order valence-electron chi connectivity index (χ2n) is 5.76. The van der Waals surface area contributed by atoms with Crippen LogP contribution in [-0.4, -0.2) is 17.2 Å². The van der Waals surface area contributed by atoms with Crippen LogP contribution in [0.15, 0.2) is 42.7 Å². The summed E-state index contributed by atoms with van der Waals surface area (Å²) in [6.45, 7) is 4.72. The molecule has 1 saturated heterocycles. The van der Waals surface area contributed by atoms with Crippen molar-refractivity contribution in [2.24, 2.45) is 0 Å². The van der Waals surface area contributed by atoms with Crippen LogP contribution < -0.4 is 0 Å². The second kappa shape index (κ2) is 6.40. The molecule has 122 valence electrons. The molecule has 5 heteroatoms. The van der Waals surface area contributed by atoms with Gasteiger partial charge in [0, 0.05) is 28.5 Å². The van der Waals surface area contributed by atoms with Crippen LogP contribution in [0.25, 0.3) is 0 Å². The summed E-state index contributed by atoms with van der Waals surface area (Å²) in [4.78, 5) is 4.22. The standard InChI is InChI=1S/C18H19Cl2NO2/c1-3-17(4-2)12-22-18(23-17,13-6-5-9-21-11-13)15-8-7-14(19)10-16(15)20/h5-11H,3-4,12H2,1-2H3. The van der Waals surface area contributed by atoms with Crippen molar-refractivity contribution in [2.75, 3.05) is 6.61 Å². The Hall–Kier alpha value is -1.13. The van der Waals surface area contributed by atoms with Gasteiger partial charge in [-0.05, 0) is 31.0 Å². The van der Waals surface area contributed by atoms with E-state index in [1.807, 2.05) is 18.2 Å². The fourth-order valence-corrected chi connectivity index (χ4v) is 3.47. The van der Waals surface area contributed by atoms with Crippen LogP contribution in [0.4, 0.5) is 0 Å². The summed E-state index contributed by atoms with van der Waals surface area (Å²) in [5.74, 6) is -1.05. The maximum Gasteiger partial charge on any atom is 0.226 e. The first kappa shape index (κ1) is 16.7. The lowest BCUT2D eigenvalue weighted by Crippen LogP contribution is -2.35. The molecular weight excluding hydrogens is 333 g/mol. The molecule has 3 rings (SSSR count). The predicted molar refractivity (Wildman–Crippen MR) is 91.8 cm³/mol. The van der Waals surface area contributed by atoms with Gasteiger partial charge >= 0.3 is 0 Å². The van der Waals surface area contributed by atoms with E-state index >= 15 is 0 Å². The van der Waals surface area contributed by atoms with Crippen LogP contribution in [0, 0.1) is 0 Å². The van der Waals surface area contributed by atoms with Gasteiger partial charge in [0.05, 0.1) is 17.2 Å². The van der Waals surface area contributed by atoms with Gasteiger partial charge in [-0.3, -0.25) is 4.98 Å². The quantitative estimate of drug-likeness (QED) is 0.758. The molecule has 1 atom stereocenters. The normalized spacial score (nSPS) is 23.1. The number of hydrogen-bond donors (Lipinski definition) is 0. The van der Waals surface area contributed by atoms with Crippen molar-refractivity contribution in [1.29, 1.82) is 0 Å². The first-order valence-electron chi connectivity index (χ1n) is 7.75. The van der Waals surface area contributed by atoms with Gasteiger partial charge in [-0.25, -0.2) is 0 Å². The first-order valence-corrected chi connectivity index (χ1v) is 8.51. The van der Waals surface area contributed by atoms with E-state index in [1.165, 1.54) is 0 Å². The average Bonchev–Trinajstić information content (AvgIpc) is 2.97. The molecule has 0 bridgehead atoms. The molecule has 1 aliphatic heterocycles. The number of nitrogens with zero attached hydrogens (tertiary/aromatic N) is 1. The molecule has 1 aromatic heterocycles. The minimum absolute atomic E-state index is 0.335. The average molecular weight is 352 g/mol. The third kappa shape index (κ3) is 2.87. The number of benzene rings is 1. The zero-order valence-electron chi connectivity index (χ0n) is 13.2. The smallest absolute Gasteiger partial charge is 0.226 e. The highest BCUT2D eigenvalue weighted by atomic mass is 35.5. The number of rotatable bonds is 4. The Morgan fingerprint density at radius 1 is 1.17 bits per heavy atom. The third-order valence-electron chi connectivity index (χ3n) is 4.51. The molecule has 1 fully saturated rings. The Morgan fingerprint density at radius 3 is 2.52 bits per heavy atom. The van der Waals surface area contributed by atoms with Crippen molar-refractivity contribution in [3.63, 3.8) is 0 Å². The summed E-state index contributed by atoms with van der Waals surface area (Å²) < 4.78 is 12.8. The maximum atomic E-state index is 6.54. The molecular formula is C18H19Cl2NO2. The lowest BCUT2D eigenvalue weighted by atomic mass is 9.96. The van der Waals surface area contributed by atoms with E-state index in [1.54, 1.807) is 24.5 Å². The minimum atomic E-state index is -1.05. The molecule has 0 aliphatic carbocycles. The van der Waals surface area contributed by atoms with E-state index < -0.39 is 5.79 Å². The Kier molecular flexibility index (Phi) is 4.65. The second-order valence-corrected chi connectivity index (χ2v) is 6.61. The van der Waals surface area contributed by atoms with Gasteiger partial charge in [-0.15, -0.1) is 0 Å². The number of ether oxygens (including phenoxy) is 2. The summed E-state index contributed by atoms with van der Waals surface area (Å²) in [5, 5.41) is 1.10. The predicted octanol–water partition coefficient (Wildman–Crippen LogP) is 5.20. The minimum Gasteiger partial charge on any atom is -0.339 e. The lowest BCUT2D eigenvalue weighted by molar-refractivity contribution is -0.166. The van der Waals surface area contributed by atoms with Crippen molar-refractivity contribution in [1.82, 2.24) is 4.98 Å². The van der Waals surface area contributed by atoms with Crippen LogP contribution in [0.1, 0.15) is 37.8 Å². The van der Waals surface area contributed by atoms with Crippen molar-refractivity contribution in [3.8, 4) is 0 Å². The van der Waals surface area contributed by atoms with E-state index in [2.05, 4.69) is 18.8 Å². The van der Waals surface area contributed by atoms with Gasteiger partial charge in [-0.2, -0.15) is 0 Å². The van der Waals surface area contributed by atoms with Crippen LogP contribution in [0.3, 0.4) is 0 Å². The summed E-state index contributed by atoms with van der Waals surface area (Å²) in [5.41, 5.74) is 1.24. The molecule has 0 N–H and O–H groups in total. The topological polar surface area (TPSA) is 31.4 Å². The summed E-state index contributed by atoms with van der Waals surface area (Å²) in [6, 6.07) is 9.18. The van der Waals surface area contributed by atoms with Gasteiger partial charge < -0.3 is 9.47 Å². The van der Waals surface area contributed by atoms with Crippen LogP contribution in [0.5, 0.6) is 0 Å². The summed E-state index contributed by atoms with van der Waals surface area (Å²) in [6.07, 6.45) is 5.20. The van der Waals surface area contributed by atoms with Gasteiger partial charge in [-0.1, -0.05) is 49.2 Å². The number of halogens is 2. The zero-order chi connectivity index (χ0) is 16.5. The van der Waals surface area contributed by atoms with E-state index in [4.69, 9.17) is 32.7 Å². The van der Waals surface area contributed by atoms with Crippen LogP contribution in [-0.2, 0) is 15.3 Å². The molecule has 23 heavy (non-hydrogen) atoms. The summed E-state index contributed by atoms with van der Waals surface area (Å²) in [7, 11) is 0. The highest BCUT2D eigenvalue weighted by Crippen LogP contribution is 2.48. The largest absolute Gasteiger partial charge is 0.339 e. The monoisotopic (exact) mass is 351 g/mol. The van der Waals surface area contributed by atoms with E-state index in [-0.39, 0.29) is 5.60 Å². The lowest BCUT2D eigenvalue weighted by Gasteiger charge is -2.33. The molecule has 0 spiro atoms. The van der Waals surface area contributed by atoms with Crippen molar-refractivity contribution in [3.05, 3.63) is 63.9 Å². The number of hydrogen-bond acceptors (Lipinski definition) is 3. The van der Waals surface area contributed by atoms with Crippen molar-refractivity contribution >= 4 is 23.2 Å². The highest BCUT2D eigenvalue weighted by Gasteiger charge is 2.52. The Labute approximate surface area is 146 Å². The van der Waals surface area contributed by atoms with E-state index in [0.29, 0.717) is 16.7 Å². The SMILES string of the molecule is CCC1(CC)COC(c2cccnc2)(c2ccc(Cl)cc2Cl)O1. The molecule has 0 saturated carbocycles. The van der Waals surface area contributed by atoms with Crippen LogP contribution >= 0.6 is 23.2 Å². The van der Waals surface area contributed by atoms with Crippen LogP contribution in [0.2, 0.25) is 10.0 Å². The third-order valence-corrected chi connectivity index (χ3v) is 5.06. The molecule has 1 unspecified atom stereocenters. The molecule has 2 heterocycles. The number of pyridine rings is 1. The summed E-state index contributed by atoms with van der Waals surface area (Å²) >= 11 is 12.5. The van der Waals surface area contributed by atoms with Crippen molar-refractivity contribution in [2.45, 2.75) is 38.1 Å². The van der Waals surface area contributed by atoms with Gasteiger partial charge in [0.15, 0.2) is 0 Å². The van der Waals surface area contributed by atoms with Gasteiger partial charge in [0.2, 0.25) is 5.79 Å². The Balaban J connectivity index is 2.16. The fraction of sp³-hybridized carbons (Fsp3) is 0.389. The fourth-order valence-electron chi connectivity index (χ4n) is 2.94. The molecule has 3 nitrogen and oxygen atoms in total. The van der Waals surface area contributed by atoms with E-state index in [0.717, 1.165) is 24.0 Å². The number of aromatic nitrogens is 1. The van der Waals surface area contributed by atoms with Crippen molar-refractivity contribution < 1.29 is 9.47 Å². The van der Waals surface area contributed by atoms with Gasteiger partial charge in [0.25, 0.3) is 0 Å². The molecule has 1 aromatic carbocycles. The zero-order valence-corrected chi connectivity index (χ0v) is 14.7. The highest BCUT2D eigenvalue weighted by molar-refractivity contribution is 6.35. The Morgan fingerprint density at radius 2 is 1.96 bits per heavy atom.